The Kier molecular flexibility index (Phi) is 4.79. The van der Waals surface area contributed by atoms with E-state index < -0.39 is 0 Å². The molecule has 0 aliphatic rings. The highest BCUT2D eigenvalue weighted by Gasteiger charge is 2.10. The molecule has 2 rings (SSSR count). The van der Waals surface area contributed by atoms with Crippen molar-refractivity contribution in [1.29, 1.82) is 0 Å². The van der Waals surface area contributed by atoms with Crippen LogP contribution in [0.1, 0.15) is 22.4 Å². The van der Waals surface area contributed by atoms with Gasteiger partial charge in [0.05, 0.1) is 5.69 Å². The first-order chi connectivity index (χ1) is 9.52. The SMILES string of the molecule is CNCCc1cc(C)c(C)c(-c2ccc(C)c(Cl)c2)n1. The summed E-state index contributed by atoms with van der Waals surface area (Å²) in [5, 5.41) is 3.96. The summed E-state index contributed by atoms with van der Waals surface area (Å²) in [6, 6.07) is 8.33. The van der Waals surface area contributed by atoms with Gasteiger partial charge < -0.3 is 5.32 Å². The molecule has 0 aliphatic heterocycles. The number of benzene rings is 1. The third-order valence-electron chi connectivity index (χ3n) is 3.66. The second-order valence-electron chi connectivity index (χ2n) is 5.22. The fourth-order valence-corrected chi connectivity index (χ4v) is 2.39. The molecule has 0 unspecified atom stereocenters. The smallest absolute Gasteiger partial charge is 0.0737 e. The molecular formula is C17H21ClN2. The van der Waals surface area contributed by atoms with Gasteiger partial charge in [0.1, 0.15) is 0 Å². The number of halogens is 1. The molecule has 1 aromatic carbocycles. The molecule has 0 saturated heterocycles. The van der Waals surface area contributed by atoms with Gasteiger partial charge in [-0.1, -0.05) is 23.7 Å². The Morgan fingerprint density at radius 2 is 1.85 bits per heavy atom. The fourth-order valence-electron chi connectivity index (χ4n) is 2.21. The predicted molar refractivity (Wildman–Crippen MR) is 86.5 cm³/mol. The van der Waals surface area contributed by atoms with Crippen LogP contribution in [-0.2, 0) is 6.42 Å². The zero-order valence-corrected chi connectivity index (χ0v) is 13.3. The monoisotopic (exact) mass is 288 g/mol. The van der Waals surface area contributed by atoms with Crippen LogP contribution in [-0.4, -0.2) is 18.6 Å². The number of aryl methyl sites for hydroxylation is 2. The molecule has 2 nitrogen and oxygen atoms in total. The summed E-state index contributed by atoms with van der Waals surface area (Å²) >= 11 is 6.24. The lowest BCUT2D eigenvalue weighted by Gasteiger charge is -2.12. The minimum Gasteiger partial charge on any atom is -0.319 e. The van der Waals surface area contributed by atoms with E-state index >= 15 is 0 Å². The molecule has 2 aromatic rings. The van der Waals surface area contributed by atoms with E-state index in [1.165, 1.54) is 11.1 Å². The van der Waals surface area contributed by atoms with Crippen molar-refractivity contribution in [2.75, 3.05) is 13.6 Å². The Hall–Kier alpha value is -1.38. The number of likely N-dealkylation sites (N-methyl/N-ethyl adjacent to an activating group) is 1. The van der Waals surface area contributed by atoms with Crippen molar-refractivity contribution in [3.63, 3.8) is 0 Å². The Morgan fingerprint density at radius 1 is 1.10 bits per heavy atom. The van der Waals surface area contributed by atoms with Crippen LogP contribution in [0, 0.1) is 20.8 Å². The zero-order valence-electron chi connectivity index (χ0n) is 12.5. The maximum absolute atomic E-state index is 6.24. The summed E-state index contributed by atoms with van der Waals surface area (Å²) in [6.07, 6.45) is 0.935. The summed E-state index contributed by atoms with van der Waals surface area (Å²) in [6.45, 7) is 7.21. The van der Waals surface area contributed by atoms with Crippen molar-refractivity contribution in [2.45, 2.75) is 27.2 Å². The maximum atomic E-state index is 6.24. The Balaban J connectivity index is 2.48. The molecule has 0 fully saturated rings. The zero-order chi connectivity index (χ0) is 14.7. The van der Waals surface area contributed by atoms with Crippen molar-refractivity contribution >= 4 is 11.6 Å². The van der Waals surface area contributed by atoms with Gasteiger partial charge in [0.25, 0.3) is 0 Å². The lowest BCUT2D eigenvalue weighted by molar-refractivity contribution is 0.776. The number of aromatic nitrogens is 1. The van der Waals surface area contributed by atoms with E-state index in [1.807, 2.05) is 26.1 Å². The number of hydrogen-bond donors (Lipinski definition) is 1. The van der Waals surface area contributed by atoms with Gasteiger partial charge in [0, 0.05) is 29.2 Å². The van der Waals surface area contributed by atoms with Crippen LogP contribution in [0.4, 0.5) is 0 Å². The molecule has 3 heteroatoms. The molecule has 0 bridgehead atoms. The predicted octanol–water partition coefficient (Wildman–Crippen LogP) is 4.09. The van der Waals surface area contributed by atoms with Crippen molar-refractivity contribution < 1.29 is 0 Å². The Labute approximate surface area is 126 Å². The van der Waals surface area contributed by atoms with Gasteiger partial charge >= 0.3 is 0 Å². The number of hydrogen-bond acceptors (Lipinski definition) is 2. The third-order valence-corrected chi connectivity index (χ3v) is 4.07. The number of rotatable bonds is 4. The van der Waals surface area contributed by atoms with Gasteiger partial charge in [-0.15, -0.1) is 0 Å². The summed E-state index contributed by atoms with van der Waals surface area (Å²) < 4.78 is 0. The van der Waals surface area contributed by atoms with Crippen molar-refractivity contribution in [3.05, 3.63) is 51.7 Å². The first-order valence-electron chi connectivity index (χ1n) is 6.91. The van der Waals surface area contributed by atoms with Crippen LogP contribution in [0.15, 0.2) is 24.3 Å². The molecule has 20 heavy (non-hydrogen) atoms. The molecule has 1 N–H and O–H groups in total. The van der Waals surface area contributed by atoms with Gasteiger partial charge in [-0.25, -0.2) is 0 Å². The van der Waals surface area contributed by atoms with E-state index in [9.17, 15) is 0 Å². The van der Waals surface area contributed by atoms with Gasteiger partial charge in [-0.05, 0) is 56.6 Å². The number of pyridine rings is 1. The summed E-state index contributed by atoms with van der Waals surface area (Å²) in [4.78, 5) is 4.81. The quantitative estimate of drug-likeness (QED) is 0.916. The highest BCUT2D eigenvalue weighted by Crippen LogP contribution is 2.28. The van der Waals surface area contributed by atoms with E-state index in [-0.39, 0.29) is 0 Å². The topological polar surface area (TPSA) is 24.9 Å². The second kappa shape index (κ2) is 6.38. The minimum atomic E-state index is 0.794. The molecular weight excluding hydrogens is 268 g/mol. The maximum Gasteiger partial charge on any atom is 0.0737 e. The van der Waals surface area contributed by atoms with Crippen LogP contribution in [0.25, 0.3) is 11.3 Å². The van der Waals surface area contributed by atoms with E-state index in [4.69, 9.17) is 16.6 Å². The van der Waals surface area contributed by atoms with Crippen LogP contribution >= 0.6 is 11.6 Å². The van der Waals surface area contributed by atoms with Gasteiger partial charge in [0.15, 0.2) is 0 Å². The molecule has 0 saturated carbocycles. The van der Waals surface area contributed by atoms with Crippen LogP contribution in [0.2, 0.25) is 5.02 Å². The standard InChI is InChI=1S/C17H21ClN2/c1-11-5-6-14(10-16(11)18)17-13(3)12(2)9-15(20-17)7-8-19-4/h5-6,9-10,19H,7-8H2,1-4H3. The van der Waals surface area contributed by atoms with E-state index in [2.05, 4.69) is 31.3 Å². The molecule has 0 aliphatic carbocycles. The minimum absolute atomic E-state index is 0.794. The van der Waals surface area contributed by atoms with E-state index in [0.29, 0.717) is 0 Å². The lowest BCUT2D eigenvalue weighted by atomic mass is 10.0. The normalized spacial score (nSPS) is 10.8. The largest absolute Gasteiger partial charge is 0.319 e. The van der Waals surface area contributed by atoms with Crippen LogP contribution in [0.3, 0.4) is 0 Å². The summed E-state index contributed by atoms with van der Waals surface area (Å²) in [7, 11) is 1.96. The van der Waals surface area contributed by atoms with Gasteiger partial charge in [-0.3, -0.25) is 4.98 Å². The highest BCUT2D eigenvalue weighted by atomic mass is 35.5. The second-order valence-corrected chi connectivity index (χ2v) is 5.63. The fraction of sp³-hybridized carbons (Fsp3) is 0.353. The molecule has 0 atom stereocenters. The van der Waals surface area contributed by atoms with Crippen LogP contribution in [0.5, 0.6) is 0 Å². The van der Waals surface area contributed by atoms with Gasteiger partial charge in [0.2, 0.25) is 0 Å². The summed E-state index contributed by atoms with van der Waals surface area (Å²) in [5.41, 5.74) is 6.84. The van der Waals surface area contributed by atoms with Crippen molar-refractivity contribution in [1.82, 2.24) is 10.3 Å². The molecule has 1 heterocycles. The van der Waals surface area contributed by atoms with Crippen molar-refractivity contribution in [2.24, 2.45) is 0 Å². The third kappa shape index (κ3) is 3.20. The molecule has 0 spiro atoms. The first-order valence-corrected chi connectivity index (χ1v) is 7.29. The lowest BCUT2D eigenvalue weighted by Crippen LogP contribution is -2.12. The molecule has 106 valence electrons. The van der Waals surface area contributed by atoms with Gasteiger partial charge in [-0.2, -0.15) is 0 Å². The average Bonchev–Trinajstić information content (AvgIpc) is 2.43. The molecule has 1 aromatic heterocycles. The Bertz CT molecular complexity index is 621. The Morgan fingerprint density at radius 3 is 2.50 bits per heavy atom. The first kappa shape index (κ1) is 15.0. The number of nitrogens with zero attached hydrogens (tertiary/aromatic N) is 1. The highest BCUT2D eigenvalue weighted by molar-refractivity contribution is 6.31. The van der Waals surface area contributed by atoms with Crippen LogP contribution < -0.4 is 5.32 Å². The van der Waals surface area contributed by atoms with E-state index in [0.717, 1.165) is 40.5 Å². The number of nitrogens with one attached hydrogen (secondary N) is 1. The summed E-state index contributed by atoms with van der Waals surface area (Å²) in [5.74, 6) is 0. The molecule has 0 radical (unpaired) electrons. The van der Waals surface area contributed by atoms with E-state index in [1.54, 1.807) is 0 Å². The average molecular weight is 289 g/mol. The molecule has 0 amide bonds. The van der Waals surface area contributed by atoms with Crippen molar-refractivity contribution in [3.8, 4) is 11.3 Å².